The molecule has 1 aromatic rings. The second-order valence-corrected chi connectivity index (χ2v) is 8.71. The molecule has 6 nitrogen and oxygen atoms in total. The molecule has 0 radical (unpaired) electrons. The van der Waals surface area contributed by atoms with Gasteiger partial charge >= 0.3 is 11.9 Å². The number of hydrogen-bond donors (Lipinski definition) is 2. The molecule has 1 fully saturated rings. The molecule has 154 valence electrons. The number of aryl methyl sites for hydroxylation is 1. The maximum atomic E-state index is 12.1. The molecule has 2 aliphatic carbocycles. The number of rotatable bonds is 6. The van der Waals surface area contributed by atoms with Crippen molar-refractivity contribution in [2.75, 3.05) is 6.61 Å². The van der Waals surface area contributed by atoms with Gasteiger partial charge in [-0.25, -0.2) is 4.79 Å². The highest BCUT2D eigenvalue weighted by Gasteiger charge is 2.59. The minimum absolute atomic E-state index is 0.0962. The Hall–Kier alpha value is -2.08. The van der Waals surface area contributed by atoms with E-state index >= 15 is 0 Å². The quantitative estimate of drug-likeness (QED) is 0.721. The Labute approximate surface area is 165 Å². The van der Waals surface area contributed by atoms with Crippen molar-refractivity contribution < 1.29 is 29.0 Å². The van der Waals surface area contributed by atoms with Gasteiger partial charge in [0.05, 0.1) is 19.1 Å². The number of aliphatic hydroxyl groups excluding tert-OH is 1. The van der Waals surface area contributed by atoms with Gasteiger partial charge in [-0.15, -0.1) is 0 Å². The molecule has 0 bridgehead atoms. The maximum Gasteiger partial charge on any atom is 0.332 e. The number of carboxylic acids is 1. The second kappa shape index (κ2) is 7.74. The zero-order valence-corrected chi connectivity index (χ0v) is 16.8. The number of furan rings is 1. The number of aliphatic carboxylic acids is 1. The standard InChI is InChI=1S/C22H30O6/c1-14-4-8-22(13-23)18(20(25)26)10-17(28-15(2)24)11-19(22)21(14,3)7-5-16-6-9-27-12-16/h6,9-10,12,14,17,19,23H,4-5,7-8,11,13H2,1-3H3,(H,25,26)/t14-,17-,19-,21+,22+/m1/s1. The summed E-state index contributed by atoms with van der Waals surface area (Å²) in [4.78, 5) is 23.7. The molecule has 2 aliphatic rings. The van der Waals surface area contributed by atoms with Gasteiger partial charge in [-0.2, -0.15) is 0 Å². The smallest absolute Gasteiger partial charge is 0.332 e. The molecule has 0 spiro atoms. The van der Waals surface area contributed by atoms with Crippen LogP contribution in [0.1, 0.15) is 52.0 Å². The van der Waals surface area contributed by atoms with E-state index in [4.69, 9.17) is 9.15 Å². The van der Waals surface area contributed by atoms with Crippen molar-refractivity contribution in [2.45, 2.75) is 59.0 Å². The van der Waals surface area contributed by atoms with Gasteiger partial charge in [-0.1, -0.05) is 13.8 Å². The minimum Gasteiger partial charge on any atom is -0.478 e. The molecule has 28 heavy (non-hydrogen) atoms. The average Bonchev–Trinajstić information content (AvgIpc) is 3.16. The van der Waals surface area contributed by atoms with E-state index in [0.29, 0.717) is 18.8 Å². The first-order valence-electron chi connectivity index (χ1n) is 9.97. The molecule has 0 saturated heterocycles. The number of aliphatic hydroxyl groups is 1. The first kappa shape index (κ1) is 20.6. The van der Waals surface area contributed by atoms with Crippen molar-refractivity contribution in [3.8, 4) is 0 Å². The fraction of sp³-hybridized carbons (Fsp3) is 0.636. The van der Waals surface area contributed by atoms with Crippen molar-refractivity contribution in [3.05, 3.63) is 35.8 Å². The van der Waals surface area contributed by atoms with E-state index in [2.05, 4.69) is 13.8 Å². The second-order valence-electron chi connectivity index (χ2n) is 8.71. The lowest BCUT2D eigenvalue weighted by atomic mass is 9.46. The summed E-state index contributed by atoms with van der Waals surface area (Å²) in [5.41, 5.74) is 0.292. The van der Waals surface area contributed by atoms with Crippen molar-refractivity contribution in [1.82, 2.24) is 0 Å². The van der Waals surface area contributed by atoms with Crippen LogP contribution in [-0.2, 0) is 20.7 Å². The number of carbonyl (C=O) groups excluding carboxylic acids is 1. The fourth-order valence-electron chi connectivity index (χ4n) is 5.55. The number of hydrogen-bond acceptors (Lipinski definition) is 5. The van der Waals surface area contributed by atoms with Gasteiger partial charge in [0.15, 0.2) is 0 Å². The third-order valence-corrected chi connectivity index (χ3v) is 7.33. The number of fused-ring (bicyclic) bond motifs is 1. The van der Waals surface area contributed by atoms with Gasteiger partial charge in [-0.05, 0) is 67.1 Å². The lowest BCUT2D eigenvalue weighted by Crippen LogP contribution is -2.56. The minimum atomic E-state index is -1.04. The van der Waals surface area contributed by atoms with E-state index in [9.17, 15) is 19.8 Å². The summed E-state index contributed by atoms with van der Waals surface area (Å²) in [5, 5.41) is 20.3. The Kier molecular flexibility index (Phi) is 5.71. The van der Waals surface area contributed by atoms with Gasteiger partial charge in [0.2, 0.25) is 0 Å². The molecule has 1 aromatic heterocycles. The van der Waals surface area contributed by atoms with Crippen LogP contribution in [0, 0.1) is 22.7 Å². The molecular weight excluding hydrogens is 360 g/mol. The van der Waals surface area contributed by atoms with Crippen molar-refractivity contribution >= 4 is 11.9 Å². The molecule has 3 rings (SSSR count). The summed E-state index contributed by atoms with van der Waals surface area (Å²) in [6.45, 7) is 5.53. The van der Waals surface area contributed by atoms with Gasteiger partial charge in [-0.3, -0.25) is 4.79 Å². The molecule has 6 heteroatoms. The number of esters is 1. The summed E-state index contributed by atoms with van der Waals surface area (Å²) in [7, 11) is 0. The average molecular weight is 390 g/mol. The Morgan fingerprint density at radius 1 is 1.39 bits per heavy atom. The lowest BCUT2D eigenvalue weighted by Gasteiger charge is -2.58. The van der Waals surface area contributed by atoms with Crippen LogP contribution in [-0.4, -0.2) is 34.9 Å². The van der Waals surface area contributed by atoms with Crippen LogP contribution in [0.2, 0.25) is 0 Å². The van der Waals surface area contributed by atoms with Crippen molar-refractivity contribution in [2.24, 2.45) is 22.7 Å². The molecule has 0 amide bonds. The van der Waals surface area contributed by atoms with Crippen LogP contribution in [0.4, 0.5) is 0 Å². The van der Waals surface area contributed by atoms with E-state index in [-0.39, 0.29) is 23.5 Å². The number of carbonyl (C=O) groups is 2. The Bertz CT molecular complexity index is 751. The maximum absolute atomic E-state index is 12.1. The molecule has 5 atom stereocenters. The third kappa shape index (κ3) is 3.50. The summed E-state index contributed by atoms with van der Waals surface area (Å²) >= 11 is 0. The van der Waals surface area contributed by atoms with Crippen LogP contribution in [0.3, 0.4) is 0 Å². The van der Waals surface area contributed by atoms with E-state index in [0.717, 1.165) is 24.8 Å². The third-order valence-electron chi connectivity index (χ3n) is 7.33. The highest BCUT2D eigenvalue weighted by molar-refractivity contribution is 5.89. The fourth-order valence-corrected chi connectivity index (χ4v) is 5.55. The van der Waals surface area contributed by atoms with Crippen LogP contribution in [0.5, 0.6) is 0 Å². The zero-order valence-electron chi connectivity index (χ0n) is 16.8. The SMILES string of the molecule is CC(=O)O[C@@H]1C=C(C(=O)O)[C@@]2(CO)CC[C@@H](C)[C@](C)(CCc3ccoc3)[C@H]2C1. The summed E-state index contributed by atoms with van der Waals surface area (Å²) < 4.78 is 10.6. The van der Waals surface area contributed by atoms with Gasteiger partial charge in [0, 0.05) is 17.9 Å². The van der Waals surface area contributed by atoms with E-state index in [1.54, 1.807) is 18.6 Å². The van der Waals surface area contributed by atoms with Crippen molar-refractivity contribution in [3.63, 3.8) is 0 Å². The molecule has 2 N–H and O–H groups in total. The highest BCUT2D eigenvalue weighted by Crippen LogP contribution is 2.62. The Morgan fingerprint density at radius 3 is 2.71 bits per heavy atom. The van der Waals surface area contributed by atoms with E-state index in [1.165, 1.54) is 6.92 Å². The Balaban J connectivity index is 2.01. The zero-order chi connectivity index (χ0) is 20.5. The van der Waals surface area contributed by atoms with Crippen LogP contribution < -0.4 is 0 Å². The van der Waals surface area contributed by atoms with Crippen LogP contribution in [0.15, 0.2) is 34.7 Å². The van der Waals surface area contributed by atoms with E-state index < -0.39 is 23.5 Å². The van der Waals surface area contributed by atoms with Gasteiger partial charge in [0.1, 0.15) is 6.10 Å². The topological polar surface area (TPSA) is 97.0 Å². The van der Waals surface area contributed by atoms with Gasteiger partial charge < -0.3 is 19.4 Å². The summed E-state index contributed by atoms with van der Waals surface area (Å²) in [6.07, 6.45) is 8.03. The number of carboxylic acid groups (broad SMARTS) is 1. The van der Waals surface area contributed by atoms with Gasteiger partial charge in [0.25, 0.3) is 0 Å². The molecule has 0 unspecified atom stereocenters. The predicted octanol–water partition coefficient (Wildman–Crippen LogP) is 3.59. The molecule has 0 aromatic carbocycles. The molecular formula is C22H30O6. The lowest BCUT2D eigenvalue weighted by molar-refractivity contribution is -0.154. The molecule has 1 heterocycles. The molecule has 1 saturated carbocycles. The normalized spacial score (nSPS) is 35.0. The monoisotopic (exact) mass is 390 g/mol. The van der Waals surface area contributed by atoms with Crippen molar-refractivity contribution in [1.29, 1.82) is 0 Å². The van der Waals surface area contributed by atoms with Crippen LogP contribution in [0.25, 0.3) is 0 Å². The highest BCUT2D eigenvalue weighted by atomic mass is 16.5. The molecule has 0 aliphatic heterocycles. The first-order chi connectivity index (χ1) is 13.2. The Morgan fingerprint density at radius 2 is 2.14 bits per heavy atom. The summed E-state index contributed by atoms with van der Waals surface area (Å²) in [5.74, 6) is -1.20. The first-order valence-corrected chi connectivity index (χ1v) is 9.97. The predicted molar refractivity (Wildman–Crippen MR) is 102 cm³/mol. The van der Waals surface area contributed by atoms with Crippen LogP contribution >= 0.6 is 0 Å². The van der Waals surface area contributed by atoms with E-state index in [1.807, 2.05) is 6.07 Å². The largest absolute Gasteiger partial charge is 0.478 e. The number of ether oxygens (including phenoxy) is 1. The summed E-state index contributed by atoms with van der Waals surface area (Å²) in [6, 6.07) is 1.95.